The number of amides is 1. The van der Waals surface area contributed by atoms with Gasteiger partial charge in [0.1, 0.15) is 23.4 Å². The Bertz CT molecular complexity index is 2040. The summed E-state index contributed by atoms with van der Waals surface area (Å²) in [6, 6.07) is 0. The molecule has 0 fully saturated rings. The molecule has 0 aliphatic carbocycles. The zero-order chi connectivity index (χ0) is 44.3. The standard InChI is InChI=1S/C43H60N4O12/c1-21-14-13-15-22(2)42(55)45-33-28(20-44-47(11)18-17-46(9)10)37(52)30-31(38(33)53)36(51)26(6)40-32(30)41(54)43(8,59-40)57-19-16-29(56-12)23(3)39(58-27(7)48)25(5)35(50)24(4)34(21)49/h13-16,19-21,23-25,29,34-35,39,49-53H,17-18H2,1-12H3,(H,45,55)/b14-13?,19-16?,22-15?,44-20+. The van der Waals surface area contributed by atoms with Gasteiger partial charge in [-0.2, -0.15) is 5.10 Å². The lowest BCUT2D eigenvalue weighted by molar-refractivity contribution is -0.160. The number of aliphatic hydroxyl groups is 2. The van der Waals surface area contributed by atoms with Crippen molar-refractivity contribution in [3.8, 4) is 23.0 Å². The summed E-state index contributed by atoms with van der Waals surface area (Å²) >= 11 is 0. The summed E-state index contributed by atoms with van der Waals surface area (Å²) in [4.78, 5) is 42.4. The second kappa shape index (κ2) is 18.8. The van der Waals surface area contributed by atoms with Crippen LogP contribution in [0, 0.1) is 30.6 Å². The third-order valence-electron chi connectivity index (χ3n) is 11.3. The minimum atomic E-state index is -2.05. The molecule has 3 aliphatic heterocycles. The van der Waals surface area contributed by atoms with Gasteiger partial charge in [0.05, 0.1) is 53.0 Å². The largest absolute Gasteiger partial charge is 0.507 e. The van der Waals surface area contributed by atoms with Crippen LogP contribution in [-0.4, -0.2) is 131 Å². The number of nitrogens with one attached hydrogen (secondary N) is 1. The molecule has 6 N–H and O–H groups in total. The molecule has 0 radical (unpaired) electrons. The minimum absolute atomic E-state index is 0.0476. The molecule has 0 aromatic heterocycles. The summed E-state index contributed by atoms with van der Waals surface area (Å²) in [6.07, 6.45) is 4.76. The van der Waals surface area contributed by atoms with Gasteiger partial charge in [-0.1, -0.05) is 45.9 Å². The summed E-state index contributed by atoms with van der Waals surface area (Å²) in [6.45, 7) is 13.6. The van der Waals surface area contributed by atoms with Crippen LogP contribution < -0.4 is 10.1 Å². The lowest BCUT2D eigenvalue weighted by atomic mass is 9.78. The Morgan fingerprint density at radius 3 is 2.22 bits per heavy atom. The summed E-state index contributed by atoms with van der Waals surface area (Å²) in [5.74, 6) is -8.45. The smallest absolute Gasteiger partial charge is 0.312 e. The van der Waals surface area contributed by atoms with E-state index in [0.29, 0.717) is 13.1 Å². The van der Waals surface area contributed by atoms with Gasteiger partial charge in [-0.25, -0.2) is 0 Å². The Labute approximate surface area is 345 Å². The van der Waals surface area contributed by atoms with Crippen molar-refractivity contribution in [2.24, 2.45) is 28.8 Å². The lowest BCUT2D eigenvalue weighted by Crippen LogP contribution is -2.46. The number of carbonyl (C=O) groups excluding carboxylic acids is 3. The molecule has 2 aromatic rings. The van der Waals surface area contributed by atoms with E-state index in [0.717, 1.165) is 0 Å². The number of methoxy groups -OCH3 is 1. The van der Waals surface area contributed by atoms with Gasteiger partial charge in [0.15, 0.2) is 5.75 Å². The SMILES string of the molecule is COC1C=COC2(C)Oc3c(C)c(O)c4c(O)c(c(/C=N/N(C)CCN(C)C)c(O)c4c3C2=O)NC(=O)C(C)=CC=CC(C)C(O)C(C)C(O)C(C)C(OC(C)=O)C1C. The second-order valence-corrected chi connectivity index (χ2v) is 16.0. The highest BCUT2D eigenvalue weighted by atomic mass is 16.7. The van der Waals surface area contributed by atoms with Crippen molar-refractivity contribution in [3.63, 3.8) is 0 Å². The molecule has 0 saturated heterocycles. The average molecular weight is 825 g/mol. The van der Waals surface area contributed by atoms with Crippen molar-refractivity contribution in [1.82, 2.24) is 9.91 Å². The molecule has 0 spiro atoms. The van der Waals surface area contributed by atoms with Crippen LogP contribution in [0.4, 0.5) is 5.69 Å². The fourth-order valence-electron chi connectivity index (χ4n) is 7.43. The number of esters is 1. The number of hydrogen-bond acceptors (Lipinski definition) is 15. The minimum Gasteiger partial charge on any atom is -0.507 e. The Hall–Kier alpha value is -5.16. The molecule has 1 amide bonds. The number of phenols is 3. The number of allylic oxidation sites excluding steroid dienone is 2. The number of benzene rings is 2. The number of hydrogen-bond donors (Lipinski definition) is 6. The fraction of sp³-hybridized carbons (Fsp3) is 0.535. The summed E-state index contributed by atoms with van der Waals surface area (Å²) in [5.41, 5.74) is -0.432. The molecule has 9 unspecified atom stereocenters. The van der Waals surface area contributed by atoms with Gasteiger partial charge >= 0.3 is 11.8 Å². The van der Waals surface area contributed by atoms with E-state index in [-0.39, 0.29) is 44.5 Å². The third kappa shape index (κ3) is 9.67. The van der Waals surface area contributed by atoms with E-state index in [1.807, 2.05) is 19.0 Å². The van der Waals surface area contributed by atoms with Crippen LogP contribution in [0.5, 0.6) is 23.0 Å². The van der Waals surface area contributed by atoms with Crippen molar-refractivity contribution in [2.45, 2.75) is 85.6 Å². The van der Waals surface area contributed by atoms with Gasteiger partial charge in [0.2, 0.25) is 0 Å². The normalized spacial score (nSPS) is 28.2. The van der Waals surface area contributed by atoms with Crippen LogP contribution in [0.1, 0.15) is 70.0 Å². The Kier molecular flexibility index (Phi) is 14.8. The van der Waals surface area contributed by atoms with Crippen molar-refractivity contribution in [1.29, 1.82) is 0 Å². The number of anilines is 1. The van der Waals surface area contributed by atoms with Gasteiger partial charge in [0, 0.05) is 81.3 Å². The van der Waals surface area contributed by atoms with Gasteiger partial charge in [-0.15, -0.1) is 0 Å². The highest BCUT2D eigenvalue weighted by Gasteiger charge is 2.50. The van der Waals surface area contributed by atoms with E-state index in [1.165, 1.54) is 59.4 Å². The van der Waals surface area contributed by atoms with Crippen LogP contribution in [0.3, 0.4) is 0 Å². The summed E-state index contributed by atoms with van der Waals surface area (Å²) in [7, 11) is 6.93. The number of nitrogens with zero attached hydrogens (tertiary/aromatic N) is 3. The maximum Gasteiger partial charge on any atom is 0.312 e. The number of phenolic OH excluding ortho intramolecular Hbond substituents is 3. The maximum absolute atomic E-state index is 14.4. The molecule has 16 nitrogen and oxygen atoms in total. The van der Waals surface area contributed by atoms with Crippen LogP contribution in [0.2, 0.25) is 0 Å². The van der Waals surface area contributed by atoms with Gasteiger partial charge in [0.25, 0.3) is 11.7 Å². The number of Topliss-reactive ketones (excluding diaryl/α,β-unsaturated/α-hetero) is 1. The molecular formula is C43H60N4O12. The first kappa shape index (κ1) is 46.5. The number of ether oxygens (including phenoxy) is 4. The molecule has 324 valence electrons. The zero-order valence-corrected chi connectivity index (χ0v) is 35.9. The van der Waals surface area contributed by atoms with Crippen LogP contribution in [0.15, 0.2) is 41.2 Å². The first-order valence-corrected chi connectivity index (χ1v) is 19.6. The van der Waals surface area contributed by atoms with Gasteiger partial charge < -0.3 is 54.7 Å². The van der Waals surface area contributed by atoms with Crippen LogP contribution in [-0.2, 0) is 23.8 Å². The highest BCUT2D eigenvalue weighted by Crippen LogP contribution is 2.55. The summed E-state index contributed by atoms with van der Waals surface area (Å²) in [5, 5.41) is 66.4. The number of hydrazone groups is 1. The third-order valence-corrected chi connectivity index (χ3v) is 11.3. The molecule has 0 saturated carbocycles. The predicted octanol–water partition coefficient (Wildman–Crippen LogP) is 4.58. The molecular weight excluding hydrogens is 764 g/mol. The molecule has 3 heterocycles. The van der Waals surface area contributed by atoms with Crippen LogP contribution in [0.25, 0.3) is 10.8 Å². The maximum atomic E-state index is 14.4. The average Bonchev–Trinajstić information content (AvgIpc) is 3.45. The molecule has 5 bridgehead atoms. The quantitative estimate of drug-likeness (QED) is 0.0741. The monoisotopic (exact) mass is 824 g/mol. The van der Waals surface area contributed by atoms with E-state index in [1.54, 1.807) is 51.9 Å². The van der Waals surface area contributed by atoms with E-state index in [4.69, 9.17) is 18.9 Å². The highest BCUT2D eigenvalue weighted by molar-refractivity contribution is 6.23. The molecule has 2 aromatic carbocycles. The van der Waals surface area contributed by atoms with E-state index in [2.05, 4.69) is 10.4 Å². The molecule has 16 heteroatoms. The predicted molar refractivity (Wildman–Crippen MR) is 223 cm³/mol. The molecule has 59 heavy (non-hydrogen) atoms. The number of carbonyl (C=O) groups is 3. The number of rotatable bonds is 7. The van der Waals surface area contributed by atoms with Crippen molar-refractivity contribution in [3.05, 3.63) is 52.8 Å². The number of aromatic hydroxyl groups is 3. The van der Waals surface area contributed by atoms with Gasteiger partial charge in [-0.05, 0) is 34.0 Å². The van der Waals surface area contributed by atoms with Crippen molar-refractivity contribution >= 4 is 40.3 Å². The van der Waals surface area contributed by atoms with Crippen molar-refractivity contribution in [2.75, 3.05) is 46.7 Å². The molecule has 9 atom stereocenters. The number of likely N-dealkylation sites (N-methyl/N-ethyl adjacent to an activating group) is 2. The fourth-order valence-corrected chi connectivity index (χ4v) is 7.43. The van der Waals surface area contributed by atoms with Crippen LogP contribution >= 0.6 is 0 Å². The first-order chi connectivity index (χ1) is 27.6. The second-order valence-electron chi connectivity index (χ2n) is 16.0. The topological polar surface area (TPSA) is 220 Å². The van der Waals surface area contributed by atoms with E-state index in [9.17, 15) is 39.9 Å². The Balaban J connectivity index is 1.97. The molecule has 3 aliphatic rings. The van der Waals surface area contributed by atoms with E-state index >= 15 is 0 Å². The summed E-state index contributed by atoms with van der Waals surface area (Å²) < 4.78 is 23.6. The van der Waals surface area contributed by atoms with E-state index < -0.39 is 88.8 Å². The number of aliphatic hydroxyl groups excluding tert-OH is 2. The first-order valence-electron chi connectivity index (χ1n) is 19.6. The Morgan fingerprint density at radius 1 is 0.949 bits per heavy atom. The number of fused-ring (bicyclic) bond motifs is 14. The number of ketones is 1. The Morgan fingerprint density at radius 2 is 1.61 bits per heavy atom. The molecule has 5 rings (SSSR count). The van der Waals surface area contributed by atoms with Crippen molar-refractivity contribution < 1.29 is 58.9 Å². The van der Waals surface area contributed by atoms with Gasteiger partial charge in [-0.3, -0.25) is 19.4 Å². The lowest BCUT2D eigenvalue weighted by Gasteiger charge is -2.38. The zero-order valence-electron chi connectivity index (χ0n) is 35.9.